The van der Waals surface area contributed by atoms with Crippen LogP contribution in [0.2, 0.25) is 0 Å². The van der Waals surface area contributed by atoms with Crippen LogP contribution < -0.4 is 5.32 Å². The molecule has 0 aliphatic rings. The molecule has 0 saturated carbocycles. The highest BCUT2D eigenvalue weighted by Gasteiger charge is 2.15. The maximum atomic E-state index is 12.2. The van der Waals surface area contributed by atoms with Gasteiger partial charge in [-0.25, -0.2) is 0 Å². The molecule has 0 atom stereocenters. The standard InChI is InChI=1S/C16H10IN3O3/c17-13-5-3-6-14(9-13)19-16(21)12(10-18)8-11-4-1-2-7-15(11)20(22)23/h1-9H,(H,19,21)/b12-8+. The van der Waals surface area contributed by atoms with Crippen molar-refractivity contribution < 1.29 is 9.72 Å². The highest BCUT2D eigenvalue weighted by Crippen LogP contribution is 2.21. The lowest BCUT2D eigenvalue weighted by Crippen LogP contribution is -2.13. The van der Waals surface area contributed by atoms with Crippen molar-refractivity contribution in [2.24, 2.45) is 0 Å². The number of amides is 1. The summed E-state index contributed by atoms with van der Waals surface area (Å²) in [5.74, 6) is -0.618. The molecule has 0 heterocycles. The lowest BCUT2D eigenvalue weighted by Gasteiger charge is -2.05. The van der Waals surface area contributed by atoms with Crippen LogP contribution in [0, 0.1) is 25.0 Å². The molecule has 0 unspecified atom stereocenters. The third-order valence-corrected chi connectivity index (χ3v) is 3.55. The van der Waals surface area contributed by atoms with Gasteiger partial charge in [-0.2, -0.15) is 5.26 Å². The van der Waals surface area contributed by atoms with Gasteiger partial charge in [0.05, 0.1) is 10.5 Å². The number of benzene rings is 2. The minimum atomic E-state index is -0.618. The van der Waals surface area contributed by atoms with Crippen molar-refractivity contribution >= 4 is 45.9 Å². The number of nitriles is 1. The van der Waals surface area contributed by atoms with E-state index in [1.807, 2.05) is 6.07 Å². The maximum Gasteiger partial charge on any atom is 0.276 e. The lowest BCUT2D eigenvalue weighted by atomic mass is 10.1. The highest BCUT2D eigenvalue weighted by atomic mass is 127. The zero-order valence-electron chi connectivity index (χ0n) is 11.7. The zero-order chi connectivity index (χ0) is 16.8. The first-order valence-electron chi connectivity index (χ1n) is 6.43. The van der Waals surface area contributed by atoms with Crippen molar-refractivity contribution in [2.75, 3.05) is 5.32 Å². The van der Waals surface area contributed by atoms with E-state index in [4.69, 9.17) is 5.26 Å². The molecular weight excluding hydrogens is 409 g/mol. The minimum Gasteiger partial charge on any atom is -0.321 e. The number of carbonyl (C=O) groups excluding carboxylic acids is 1. The molecule has 0 fully saturated rings. The van der Waals surface area contributed by atoms with Gasteiger partial charge in [0.25, 0.3) is 11.6 Å². The normalized spacial score (nSPS) is 10.7. The van der Waals surface area contributed by atoms with Crippen molar-refractivity contribution in [3.05, 3.63) is 73.4 Å². The number of hydrogen-bond donors (Lipinski definition) is 1. The summed E-state index contributed by atoms with van der Waals surface area (Å²) in [6, 6.07) is 14.8. The van der Waals surface area contributed by atoms with E-state index in [0.29, 0.717) is 5.69 Å². The second-order valence-corrected chi connectivity index (χ2v) is 5.70. The van der Waals surface area contributed by atoms with Gasteiger partial charge >= 0.3 is 0 Å². The Morgan fingerprint density at radius 1 is 1.26 bits per heavy atom. The number of carbonyl (C=O) groups is 1. The van der Waals surface area contributed by atoms with Gasteiger partial charge in [0.1, 0.15) is 11.6 Å². The predicted octanol–water partition coefficient (Wildman–Crippen LogP) is 3.75. The topological polar surface area (TPSA) is 96.0 Å². The Bertz CT molecular complexity index is 840. The number of nitrogens with zero attached hydrogens (tertiary/aromatic N) is 2. The molecule has 2 aromatic rings. The third kappa shape index (κ3) is 4.37. The summed E-state index contributed by atoms with van der Waals surface area (Å²) in [5, 5.41) is 22.7. The van der Waals surface area contributed by atoms with E-state index in [9.17, 15) is 14.9 Å². The van der Waals surface area contributed by atoms with Gasteiger partial charge < -0.3 is 5.32 Å². The molecule has 1 amide bonds. The van der Waals surface area contributed by atoms with E-state index in [0.717, 1.165) is 3.57 Å². The van der Waals surface area contributed by atoms with Gasteiger partial charge in [-0.05, 0) is 52.9 Å². The molecule has 114 valence electrons. The summed E-state index contributed by atoms with van der Waals surface area (Å²) >= 11 is 2.10. The van der Waals surface area contributed by atoms with Gasteiger partial charge in [0, 0.05) is 15.3 Å². The van der Waals surface area contributed by atoms with Crippen molar-refractivity contribution in [1.29, 1.82) is 5.26 Å². The molecule has 0 aliphatic heterocycles. The summed E-state index contributed by atoms with van der Waals surface area (Å²) in [6.45, 7) is 0. The summed E-state index contributed by atoms with van der Waals surface area (Å²) in [7, 11) is 0. The average molecular weight is 419 g/mol. The number of rotatable bonds is 4. The molecule has 6 nitrogen and oxygen atoms in total. The molecule has 2 aromatic carbocycles. The zero-order valence-corrected chi connectivity index (χ0v) is 13.9. The Balaban J connectivity index is 2.31. The van der Waals surface area contributed by atoms with Gasteiger partial charge in [-0.15, -0.1) is 0 Å². The number of nitro groups is 1. The first-order valence-corrected chi connectivity index (χ1v) is 7.51. The molecule has 7 heteroatoms. The van der Waals surface area contributed by atoms with Crippen molar-refractivity contribution in [3.8, 4) is 6.07 Å². The second kappa shape index (κ2) is 7.51. The second-order valence-electron chi connectivity index (χ2n) is 4.45. The number of para-hydroxylation sites is 1. The van der Waals surface area contributed by atoms with Crippen molar-refractivity contribution in [1.82, 2.24) is 0 Å². The molecular formula is C16H10IN3O3. The van der Waals surface area contributed by atoms with Crippen LogP contribution in [0.1, 0.15) is 5.56 Å². The number of anilines is 1. The molecule has 1 N–H and O–H groups in total. The molecule has 0 aromatic heterocycles. The molecule has 0 radical (unpaired) electrons. The van der Waals surface area contributed by atoms with E-state index < -0.39 is 10.8 Å². The van der Waals surface area contributed by atoms with Crippen LogP contribution in [0.3, 0.4) is 0 Å². The summed E-state index contributed by atoms with van der Waals surface area (Å²) in [4.78, 5) is 22.6. The fourth-order valence-electron chi connectivity index (χ4n) is 1.84. The Morgan fingerprint density at radius 2 is 2.00 bits per heavy atom. The van der Waals surface area contributed by atoms with E-state index in [1.54, 1.807) is 30.3 Å². The molecule has 0 saturated heterocycles. The fourth-order valence-corrected chi connectivity index (χ4v) is 2.39. The number of halogens is 1. The molecule has 0 spiro atoms. The highest BCUT2D eigenvalue weighted by molar-refractivity contribution is 14.1. The Labute approximate surface area is 145 Å². The largest absolute Gasteiger partial charge is 0.321 e. The van der Waals surface area contributed by atoms with Gasteiger partial charge in [-0.1, -0.05) is 18.2 Å². The van der Waals surface area contributed by atoms with Crippen molar-refractivity contribution in [2.45, 2.75) is 0 Å². The summed E-state index contributed by atoms with van der Waals surface area (Å²) in [6.07, 6.45) is 1.21. The minimum absolute atomic E-state index is 0.165. The van der Waals surface area contributed by atoms with Crippen LogP contribution in [-0.2, 0) is 4.79 Å². The van der Waals surface area contributed by atoms with E-state index in [1.165, 1.54) is 24.3 Å². The predicted molar refractivity (Wildman–Crippen MR) is 94.5 cm³/mol. The number of nitrogens with one attached hydrogen (secondary N) is 1. The van der Waals surface area contributed by atoms with E-state index in [2.05, 4.69) is 27.9 Å². The smallest absolute Gasteiger partial charge is 0.276 e. The SMILES string of the molecule is N#C/C(=C\c1ccccc1[N+](=O)[O-])C(=O)Nc1cccc(I)c1. The Morgan fingerprint density at radius 3 is 2.65 bits per heavy atom. The monoisotopic (exact) mass is 419 g/mol. The average Bonchev–Trinajstić information content (AvgIpc) is 2.52. The van der Waals surface area contributed by atoms with Gasteiger partial charge in [0.2, 0.25) is 0 Å². The Kier molecular flexibility index (Phi) is 5.43. The van der Waals surface area contributed by atoms with Crippen molar-refractivity contribution in [3.63, 3.8) is 0 Å². The summed E-state index contributed by atoms with van der Waals surface area (Å²) in [5.41, 5.74) is 0.373. The van der Waals surface area contributed by atoms with E-state index >= 15 is 0 Å². The van der Waals surface area contributed by atoms with Crippen LogP contribution in [0.25, 0.3) is 6.08 Å². The lowest BCUT2D eigenvalue weighted by molar-refractivity contribution is -0.385. The van der Waals surface area contributed by atoms with Crippen LogP contribution in [-0.4, -0.2) is 10.8 Å². The van der Waals surface area contributed by atoms with Gasteiger partial charge in [0.15, 0.2) is 0 Å². The Hall–Kier alpha value is -2.73. The first kappa shape index (κ1) is 16.6. The first-order chi connectivity index (χ1) is 11.0. The van der Waals surface area contributed by atoms with E-state index in [-0.39, 0.29) is 16.8 Å². The summed E-state index contributed by atoms with van der Waals surface area (Å²) < 4.78 is 0.932. The molecule has 23 heavy (non-hydrogen) atoms. The van der Waals surface area contributed by atoms with Crippen LogP contribution in [0.5, 0.6) is 0 Å². The third-order valence-electron chi connectivity index (χ3n) is 2.88. The molecule has 0 bridgehead atoms. The fraction of sp³-hybridized carbons (Fsp3) is 0. The molecule has 2 rings (SSSR count). The van der Waals surface area contributed by atoms with Crippen LogP contribution >= 0.6 is 22.6 Å². The maximum absolute atomic E-state index is 12.2. The number of hydrogen-bond acceptors (Lipinski definition) is 4. The molecule has 0 aliphatic carbocycles. The quantitative estimate of drug-likeness (QED) is 0.269. The van der Waals surface area contributed by atoms with Gasteiger partial charge in [-0.3, -0.25) is 14.9 Å². The van der Waals surface area contributed by atoms with Crippen LogP contribution in [0.15, 0.2) is 54.1 Å². The van der Waals surface area contributed by atoms with Crippen LogP contribution in [0.4, 0.5) is 11.4 Å². The number of nitro benzene ring substituents is 1.